The predicted octanol–water partition coefficient (Wildman–Crippen LogP) is 1.05. The second-order valence-electron chi connectivity index (χ2n) is 5.81. The molecule has 9 heteroatoms. The van der Waals surface area contributed by atoms with Crippen LogP contribution in [0, 0.1) is 0 Å². The maximum Gasteiger partial charge on any atom is 0.284 e. The number of benzene rings is 1. The summed E-state index contributed by atoms with van der Waals surface area (Å²) in [5.41, 5.74) is 1.13. The second-order valence-corrected chi connectivity index (χ2v) is 5.81. The van der Waals surface area contributed by atoms with Crippen LogP contribution < -0.4 is 10.6 Å². The van der Waals surface area contributed by atoms with Gasteiger partial charge in [0.2, 0.25) is 5.95 Å². The van der Waals surface area contributed by atoms with Crippen molar-refractivity contribution in [3.05, 3.63) is 53.2 Å². The molecule has 1 aliphatic heterocycles. The number of fused-ring (bicyclic) bond motifs is 2. The van der Waals surface area contributed by atoms with Crippen LogP contribution in [0.3, 0.4) is 0 Å². The van der Waals surface area contributed by atoms with E-state index in [0.29, 0.717) is 29.4 Å². The molecule has 0 aliphatic carbocycles. The molecule has 124 valence electrons. The Morgan fingerprint density at radius 2 is 2.00 bits per heavy atom. The van der Waals surface area contributed by atoms with Gasteiger partial charge in [-0.25, -0.2) is 14.7 Å². The van der Waals surface area contributed by atoms with Gasteiger partial charge in [0.25, 0.3) is 5.56 Å². The Balaban J connectivity index is 1.83. The summed E-state index contributed by atoms with van der Waals surface area (Å²) < 4.78 is 3.37. The summed E-state index contributed by atoms with van der Waals surface area (Å²) in [6.45, 7) is 1.44. The number of aromatic nitrogens is 7. The monoisotopic (exact) mass is 334 g/mol. The van der Waals surface area contributed by atoms with Gasteiger partial charge in [0.05, 0.1) is 6.20 Å². The van der Waals surface area contributed by atoms with E-state index < -0.39 is 0 Å². The molecule has 0 atom stereocenters. The van der Waals surface area contributed by atoms with Gasteiger partial charge in [-0.2, -0.15) is 19.9 Å². The molecule has 0 amide bonds. The fraction of sp³-hybridized carbons (Fsp3) is 0.188. The number of hydrogen-bond donors (Lipinski definition) is 1. The van der Waals surface area contributed by atoms with Gasteiger partial charge in [-0.15, -0.1) is 0 Å². The van der Waals surface area contributed by atoms with Crippen molar-refractivity contribution >= 4 is 17.0 Å². The number of nitrogens with zero attached hydrogens (tertiary/aromatic N) is 7. The van der Waals surface area contributed by atoms with Crippen molar-refractivity contribution in [2.75, 3.05) is 11.6 Å². The third-order valence-corrected chi connectivity index (χ3v) is 4.30. The minimum atomic E-state index is -0.186. The van der Waals surface area contributed by atoms with Crippen molar-refractivity contribution in [2.24, 2.45) is 0 Å². The zero-order valence-electron chi connectivity index (χ0n) is 13.2. The molecule has 1 aliphatic rings. The molecule has 4 aromatic rings. The lowest BCUT2D eigenvalue weighted by molar-refractivity contribution is 0.482. The highest BCUT2D eigenvalue weighted by Crippen LogP contribution is 2.23. The first kappa shape index (κ1) is 13.9. The molecule has 0 saturated carbocycles. The third kappa shape index (κ3) is 2.05. The van der Waals surface area contributed by atoms with E-state index in [1.54, 1.807) is 9.36 Å². The third-order valence-electron chi connectivity index (χ3n) is 4.30. The number of rotatable bonds is 2. The van der Waals surface area contributed by atoms with Crippen LogP contribution in [-0.2, 0) is 6.54 Å². The van der Waals surface area contributed by atoms with E-state index in [1.807, 2.05) is 35.3 Å². The minimum absolute atomic E-state index is 0.186. The first-order valence-electron chi connectivity index (χ1n) is 8.00. The molecule has 1 aromatic carbocycles. The number of aromatic amines is 1. The van der Waals surface area contributed by atoms with Crippen molar-refractivity contribution in [2.45, 2.75) is 13.0 Å². The van der Waals surface area contributed by atoms with Gasteiger partial charge in [-0.1, -0.05) is 30.3 Å². The molecule has 0 unspecified atom stereocenters. The molecular formula is C16H14N8O. The van der Waals surface area contributed by atoms with E-state index in [2.05, 4.69) is 25.3 Å². The summed E-state index contributed by atoms with van der Waals surface area (Å²) in [4.78, 5) is 22.1. The Kier molecular flexibility index (Phi) is 2.93. The summed E-state index contributed by atoms with van der Waals surface area (Å²) in [5.74, 6) is 1.17. The summed E-state index contributed by atoms with van der Waals surface area (Å²) in [7, 11) is 0. The number of aryl methyl sites for hydroxylation is 1. The van der Waals surface area contributed by atoms with E-state index in [9.17, 15) is 4.79 Å². The molecule has 0 bridgehead atoms. The summed E-state index contributed by atoms with van der Waals surface area (Å²) >= 11 is 0. The van der Waals surface area contributed by atoms with Gasteiger partial charge in [-0.3, -0.25) is 9.89 Å². The van der Waals surface area contributed by atoms with Crippen molar-refractivity contribution in [1.82, 2.24) is 34.6 Å². The van der Waals surface area contributed by atoms with Gasteiger partial charge in [-0.05, 0) is 6.42 Å². The Labute approximate surface area is 141 Å². The number of anilines is 1. The smallest absolute Gasteiger partial charge is 0.266 e. The molecule has 0 radical (unpaired) electrons. The van der Waals surface area contributed by atoms with Gasteiger partial charge in [0.1, 0.15) is 11.7 Å². The topological polar surface area (TPSA) is 97.5 Å². The van der Waals surface area contributed by atoms with E-state index in [0.717, 1.165) is 18.5 Å². The SMILES string of the molecule is O=c1c2cn[nH]c2nc(-c2ccccc2)n1N1CCCn2ncnc21. The molecule has 0 fully saturated rings. The average molecular weight is 334 g/mol. The van der Waals surface area contributed by atoms with Crippen LogP contribution in [0.4, 0.5) is 5.95 Å². The van der Waals surface area contributed by atoms with Crippen molar-refractivity contribution in [1.29, 1.82) is 0 Å². The van der Waals surface area contributed by atoms with Crippen molar-refractivity contribution < 1.29 is 0 Å². The Hall–Kier alpha value is -3.49. The fourth-order valence-corrected chi connectivity index (χ4v) is 3.16. The lowest BCUT2D eigenvalue weighted by atomic mass is 10.2. The molecule has 0 spiro atoms. The number of nitrogens with one attached hydrogen (secondary N) is 1. The quantitative estimate of drug-likeness (QED) is 0.588. The molecule has 5 rings (SSSR count). The maximum atomic E-state index is 13.2. The Morgan fingerprint density at radius 1 is 1.12 bits per heavy atom. The molecule has 3 aromatic heterocycles. The van der Waals surface area contributed by atoms with Gasteiger partial charge >= 0.3 is 0 Å². The van der Waals surface area contributed by atoms with E-state index in [1.165, 1.54) is 12.5 Å². The largest absolute Gasteiger partial charge is 0.284 e. The first-order chi connectivity index (χ1) is 12.3. The first-order valence-corrected chi connectivity index (χ1v) is 8.00. The minimum Gasteiger partial charge on any atom is -0.266 e. The molecule has 4 heterocycles. The lowest BCUT2D eigenvalue weighted by Crippen LogP contribution is -2.44. The van der Waals surface area contributed by atoms with Crippen LogP contribution in [0.1, 0.15) is 6.42 Å². The fourth-order valence-electron chi connectivity index (χ4n) is 3.16. The Morgan fingerprint density at radius 3 is 2.88 bits per heavy atom. The molecule has 9 nitrogen and oxygen atoms in total. The number of H-pyrrole nitrogens is 1. The molecular weight excluding hydrogens is 320 g/mol. The van der Waals surface area contributed by atoms with Gasteiger partial charge in [0, 0.05) is 18.7 Å². The van der Waals surface area contributed by atoms with Crippen LogP contribution in [0.2, 0.25) is 0 Å². The number of hydrogen-bond acceptors (Lipinski definition) is 6. The van der Waals surface area contributed by atoms with Crippen molar-refractivity contribution in [3.8, 4) is 11.4 Å². The highest BCUT2D eigenvalue weighted by molar-refractivity contribution is 5.75. The summed E-state index contributed by atoms with van der Waals surface area (Å²) in [6.07, 6.45) is 3.87. The maximum absolute atomic E-state index is 13.2. The Bertz CT molecular complexity index is 1110. The van der Waals surface area contributed by atoms with Crippen LogP contribution in [0.15, 0.2) is 47.7 Å². The zero-order chi connectivity index (χ0) is 16.8. The highest BCUT2D eigenvalue weighted by atomic mass is 16.1. The van der Waals surface area contributed by atoms with E-state index in [-0.39, 0.29) is 5.56 Å². The van der Waals surface area contributed by atoms with Crippen LogP contribution in [0.25, 0.3) is 22.4 Å². The van der Waals surface area contributed by atoms with Gasteiger partial charge < -0.3 is 0 Å². The molecule has 25 heavy (non-hydrogen) atoms. The van der Waals surface area contributed by atoms with Gasteiger partial charge in [0.15, 0.2) is 11.5 Å². The highest BCUT2D eigenvalue weighted by Gasteiger charge is 2.25. The van der Waals surface area contributed by atoms with Crippen LogP contribution in [0.5, 0.6) is 0 Å². The lowest BCUT2D eigenvalue weighted by Gasteiger charge is -2.30. The normalized spacial score (nSPS) is 14.0. The summed E-state index contributed by atoms with van der Waals surface area (Å²) in [5, 5.41) is 13.3. The van der Waals surface area contributed by atoms with Crippen LogP contribution in [-0.4, -0.2) is 41.2 Å². The molecule has 0 saturated heterocycles. The van der Waals surface area contributed by atoms with Crippen LogP contribution >= 0.6 is 0 Å². The van der Waals surface area contributed by atoms with E-state index in [4.69, 9.17) is 0 Å². The van der Waals surface area contributed by atoms with Crippen molar-refractivity contribution in [3.63, 3.8) is 0 Å². The van der Waals surface area contributed by atoms with E-state index >= 15 is 0 Å². The average Bonchev–Trinajstić information content (AvgIpc) is 3.31. The summed E-state index contributed by atoms with van der Waals surface area (Å²) in [6, 6.07) is 9.62. The molecule has 1 N–H and O–H groups in total. The second kappa shape index (κ2) is 5.26. The standard InChI is InChI=1S/C16H14N8O/c25-15-12-9-18-21-13(12)20-14(11-5-2-1-3-6-11)24(15)23-8-4-7-22-16(23)17-10-19-22/h1-3,5-6,9-10H,4,7-8H2,(H,18,21). The zero-order valence-corrected chi connectivity index (χ0v) is 13.2. The predicted molar refractivity (Wildman–Crippen MR) is 91.0 cm³/mol.